The standard InChI is InChI=1S/C23H36/c1-16(2)19-5-7-20(8-6-19)21-9-11-22(12-10-21)23-14-17(3)13-18(4)15-23/h13-16,19-22H,5-12H2,1-4H3. The topological polar surface area (TPSA) is 0 Å². The molecule has 0 saturated heterocycles. The molecular formula is C23H36. The van der Waals surface area contributed by atoms with Crippen molar-refractivity contribution in [3.63, 3.8) is 0 Å². The van der Waals surface area contributed by atoms with E-state index in [1.54, 1.807) is 5.56 Å². The van der Waals surface area contributed by atoms with E-state index in [2.05, 4.69) is 45.9 Å². The Hall–Kier alpha value is -0.780. The van der Waals surface area contributed by atoms with Crippen molar-refractivity contribution in [1.29, 1.82) is 0 Å². The van der Waals surface area contributed by atoms with E-state index < -0.39 is 0 Å². The summed E-state index contributed by atoms with van der Waals surface area (Å²) in [7, 11) is 0. The Morgan fingerprint density at radius 2 is 1.17 bits per heavy atom. The van der Waals surface area contributed by atoms with Crippen LogP contribution in [0.2, 0.25) is 0 Å². The van der Waals surface area contributed by atoms with Crippen molar-refractivity contribution >= 4 is 0 Å². The maximum Gasteiger partial charge on any atom is -0.0162 e. The molecule has 128 valence electrons. The predicted molar refractivity (Wildman–Crippen MR) is 101 cm³/mol. The molecule has 0 nitrogen and oxygen atoms in total. The van der Waals surface area contributed by atoms with Gasteiger partial charge in [0, 0.05) is 0 Å². The molecule has 0 atom stereocenters. The van der Waals surface area contributed by atoms with E-state index in [1.807, 2.05) is 0 Å². The Morgan fingerprint density at radius 1 is 0.696 bits per heavy atom. The molecular weight excluding hydrogens is 276 g/mol. The molecule has 1 aromatic carbocycles. The van der Waals surface area contributed by atoms with Gasteiger partial charge < -0.3 is 0 Å². The van der Waals surface area contributed by atoms with Gasteiger partial charge in [-0.15, -0.1) is 0 Å². The van der Waals surface area contributed by atoms with Crippen LogP contribution in [0.4, 0.5) is 0 Å². The number of hydrogen-bond acceptors (Lipinski definition) is 0. The summed E-state index contributed by atoms with van der Waals surface area (Å²) in [4.78, 5) is 0. The Labute approximate surface area is 144 Å². The number of rotatable bonds is 3. The van der Waals surface area contributed by atoms with Gasteiger partial charge in [0.15, 0.2) is 0 Å². The number of benzene rings is 1. The van der Waals surface area contributed by atoms with Crippen molar-refractivity contribution < 1.29 is 0 Å². The largest absolute Gasteiger partial charge is 0.0625 e. The van der Waals surface area contributed by atoms with Crippen LogP contribution in [0.3, 0.4) is 0 Å². The van der Waals surface area contributed by atoms with Crippen LogP contribution in [0, 0.1) is 37.5 Å². The third-order valence-electron chi connectivity index (χ3n) is 6.91. The van der Waals surface area contributed by atoms with Crippen molar-refractivity contribution in [3.8, 4) is 0 Å². The van der Waals surface area contributed by atoms with Gasteiger partial charge >= 0.3 is 0 Å². The molecule has 0 unspecified atom stereocenters. The van der Waals surface area contributed by atoms with Crippen LogP contribution in [0.15, 0.2) is 18.2 Å². The van der Waals surface area contributed by atoms with Crippen molar-refractivity contribution in [3.05, 3.63) is 34.9 Å². The highest BCUT2D eigenvalue weighted by atomic mass is 14.4. The van der Waals surface area contributed by atoms with Crippen LogP contribution in [0.5, 0.6) is 0 Å². The summed E-state index contributed by atoms with van der Waals surface area (Å²) < 4.78 is 0. The second kappa shape index (κ2) is 7.41. The Bertz CT molecular complexity index is 477. The van der Waals surface area contributed by atoms with Crippen molar-refractivity contribution in [2.24, 2.45) is 23.7 Å². The first-order valence-corrected chi connectivity index (χ1v) is 10.1. The van der Waals surface area contributed by atoms with Gasteiger partial charge in [-0.1, -0.05) is 43.2 Å². The molecule has 0 heterocycles. The molecule has 0 aliphatic heterocycles. The Morgan fingerprint density at radius 3 is 1.65 bits per heavy atom. The third-order valence-corrected chi connectivity index (χ3v) is 6.91. The molecule has 23 heavy (non-hydrogen) atoms. The molecule has 2 aliphatic rings. The Balaban J connectivity index is 1.53. The zero-order chi connectivity index (χ0) is 16.4. The predicted octanol–water partition coefficient (Wildman–Crippen LogP) is 7.04. The van der Waals surface area contributed by atoms with Crippen molar-refractivity contribution in [1.82, 2.24) is 0 Å². The smallest absolute Gasteiger partial charge is 0.0162 e. The summed E-state index contributed by atoms with van der Waals surface area (Å²) in [6.45, 7) is 9.32. The molecule has 0 radical (unpaired) electrons. The van der Waals surface area contributed by atoms with Crippen LogP contribution >= 0.6 is 0 Å². The third kappa shape index (κ3) is 4.20. The van der Waals surface area contributed by atoms with Crippen molar-refractivity contribution in [2.75, 3.05) is 0 Å². The first-order valence-electron chi connectivity index (χ1n) is 10.1. The lowest BCUT2D eigenvalue weighted by Gasteiger charge is -2.39. The summed E-state index contributed by atoms with van der Waals surface area (Å²) in [5.41, 5.74) is 4.49. The molecule has 0 heteroatoms. The minimum atomic E-state index is 0.830. The SMILES string of the molecule is Cc1cc(C)cc(C2CCC(C3CCC(C(C)C)CC3)CC2)c1. The normalized spacial score (nSPS) is 32.2. The average Bonchev–Trinajstić information content (AvgIpc) is 2.54. The summed E-state index contributed by atoms with van der Waals surface area (Å²) in [6, 6.07) is 7.18. The monoisotopic (exact) mass is 312 g/mol. The maximum atomic E-state index is 2.44. The molecule has 0 aromatic heterocycles. The first-order chi connectivity index (χ1) is 11.0. The first kappa shape index (κ1) is 17.1. The lowest BCUT2D eigenvalue weighted by atomic mass is 9.67. The lowest BCUT2D eigenvalue weighted by molar-refractivity contribution is 0.142. The quantitative estimate of drug-likeness (QED) is 0.561. The van der Waals surface area contributed by atoms with Gasteiger partial charge in [0.05, 0.1) is 0 Å². The molecule has 3 rings (SSSR count). The second-order valence-electron chi connectivity index (χ2n) is 8.95. The van der Waals surface area contributed by atoms with Crippen LogP contribution in [0.1, 0.15) is 87.8 Å². The molecule has 2 saturated carbocycles. The molecule has 0 amide bonds. The fourth-order valence-electron chi connectivity index (χ4n) is 5.45. The summed E-state index contributed by atoms with van der Waals surface area (Å²) in [6.07, 6.45) is 11.8. The zero-order valence-corrected chi connectivity index (χ0v) is 15.8. The van der Waals surface area contributed by atoms with E-state index in [0.717, 1.165) is 29.6 Å². The van der Waals surface area contributed by atoms with E-state index in [0.29, 0.717) is 0 Å². The molecule has 0 bridgehead atoms. The van der Waals surface area contributed by atoms with Gasteiger partial charge in [0.1, 0.15) is 0 Å². The van der Waals surface area contributed by atoms with Gasteiger partial charge in [-0.2, -0.15) is 0 Å². The number of aryl methyl sites for hydroxylation is 2. The van der Waals surface area contributed by atoms with Gasteiger partial charge in [-0.05, 0) is 100 Å². The van der Waals surface area contributed by atoms with Crippen LogP contribution in [-0.2, 0) is 0 Å². The van der Waals surface area contributed by atoms with Crippen LogP contribution < -0.4 is 0 Å². The molecule has 0 N–H and O–H groups in total. The van der Waals surface area contributed by atoms with E-state index in [4.69, 9.17) is 0 Å². The lowest BCUT2D eigenvalue weighted by Crippen LogP contribution is -2.26. The summed E-state index contributed by atoms with van der Waals surface area (Å²) >= 11 is 0. The van der Waals surface area contributed by atoms with E-state index in [1.165, 1.54) is 62.5 Å². The Kier molecular flexibility index (Phi) is 5.49. The van der Waals surface area contributed by atoms with Crippen molar-refractivity contribution in [2.45, 2.75) is 85.0 Å². The van der Waals surface area contributed by atoms with Gasteiger partial charge in [-0.3, -0.25) is 0 Å². The minimum absolute atomic E-state index is 0.830. The summed E-state index contributed by atoms with van der Waals surface area (Å²) in [5, 5.41) is 0. The minimum Gasteiger partial charge on any atom is -0.0625 e. The molecule has 2 fully saturated rings. The molecule has 0 spiro atoms. The number of hydrogen-bond donors (Lipinski definition) is 0. The van der Waals surface area contributed by atoms with E-state index in [-0.39, 0.29) is 0 Å². The fourth-order valence-corrected chi connectivity index (χ4v) is 5.45. The van der Waals surface area contributed by atoms with Gasteiger partial charge in [0.2, 0.25) is 0 Å². The fraction of sp³-hybridized carbons (Fsp3) is 0.739. The summed E-state index contributed by atoms with van der Waals surface area (Å²) in [5.74, 6) is 4.82. The molecule has 2 aliphatic carbocycles. The highest BCUT2D eigenvalue weighted by molar-refractivity contribution is 5.31. The average molecular weight is 313 g/mol. The molecule has 1 aromatic rings. The maximum absolute atomic E-state index is 2.44. The van der Waals surface area contributed by atoms with E-state index >= 15 is 0 Å². The van der Waals surface area contributed by atoms with Crippen LogP contribution in [-0.4, -0.2) is 0 Å². The highest BCUT2D eigenvalue weighted by Crippen LogP contribution is 2.45. The second-order valence-corrected chi connectivity index (χ2v) is 8.95. The van der Waals surface area contributed by atoms with E-state index in [9.17, 15) is 0 Å². The van der Waals surface area contributed by atoms with Crippen LogP contribution in [0.25, 0.3) is 0 Å². The van der Waals surface area contributed by atoms with Gasteiger partial charge in [-0.25, -0.2) is 0 Å². The van der Waals surface area contributed by atoms with Gasteiger partial charge in [0.25, 0.3) is 0 Å². The highest BCUT2D eigenvalue weighted by Gasteiger charge is 2.31. The zero-order valence-electron chi connectivity index (χ0n) is 15.8.